The number of nitrogens with one attached hydrogen (secondary N) is 1. The molecule has 0 radical (unpaired) electrons. The first-order valence-corrected chi connectivity index (χ1v) is 8.78. The second-order valence-corrected chi connectivity index (χ2v) is 6.91. The van der Waals surface area contributed by atoms with Gasteiger partial charge in [0.2, 0.25) is 5.91 Å². The first-order valence-electron chi connectivity index (χ1n) is 8.78. The predicted molar refractivity (Wildman–Crippen MR) is 94.7 cm³/mol. The topological polar surface area (TPSA) is 78.7 Å². The number of carbonyl (C=O) groups is 2. The van der Waals surface area contributed by atoms with Crippen molar-refractivity contribution >= 4 is 11.9 Å². The number of primary amides is 1. The van der Waals surface area contributed by atoms with Crippen LogP contribution in [0.3, 0.4) is 0 Å². The number of amides is 3. The van der Waals surface area contributed by atoms with Crippen LogP contribution in [0.4, 0.5) is 18.0 Å². The fourth-order valence-corrected chi connectivity index (χ4v) is 3.37. The molecule has 27 heavy (non-hydrogen) atoms. The normalized spacial score (nSPS) is 17.7. The molecule has 9 heteroatoms. The van der Waals surface area contributed by atoms with Crippen LogP contribution in [-0.4, -0.2) is 54.0 Å². The zero-order chi connectivity index (χ0) is 20.2. The zero-order valence-corrected chi connectivity index (χ0v) is 15.4. The fourth-order valence-electron chi connectivity index (χ4n) is 3.37. The van der Waals surface area contributed by atoms with E-state index in [2.05, 4.69) is 5.32 Å². The van der Waals surface area contributed by atoms with Crippen molar-refractivity contribution < 1.29 is 22.8 Å². The number of halogens is 3. The average molecular weight is 386 g/mol. The van der Waals surface area contributed by atoms with Crippen LogP contribution in [-0.2, 0) is 17.5 Å². The van der Waals surface area contributed by atoms with Crippen molar-refractivity contribution in [3.8, 4) is 0 Å². The van der Waals surface area contributed by atoms with Crippen LogP contribution in [0, 0.1) is 0 Å². The van der Waals surface area contributed by atoms with Crippen molar-refractivity contribution in [1.29, 1.82) is 0 Å². The van der Waals surface area contributed by atoms with Gasteiger partial charge in [0, 0.05) is 25.7 Å². The van der Waals surface area contributed by atoms with E-state index in [-0.39, 0.29) is 6.04 Å². The van der Waals surface area contributed by atoms with Crippen LogP contribution in [0.15, 0.2) is 24.3 Å². The second-order valence-electron chi connectivity index (χ2n) is 6.91. The molecule has 1 unspecified atom stereocenters. The highest BCUT2D eigenvalue weighted by atomic mass is 19.4. The van der Waals surface area contributed by atoms with Crippen molar-refractivity contribution in [2.75, 3.05) is 20.1 Å². The van der Waals surface area contributed by atoms with Gasteiger partial charge in [-0.1, -0.05) is 18.2 Å². The lowest BCUT2D eigenvalue weighted by atomic mass is 10.0. The van der Waals surface area contributed by atoms with E-state index in [1.54, 1.807) is 13.0 Å². The molecular formula is C18H25F3N4O2. The van der Waals surface area contributed by atoms with Crippen molar-refractivity contribution in [1.82, 2.24) is 15.1 Å². The first kappa shape index (κ1) is 21.2. The minimum Gasteiger partial charge on any atom is -0.351 e. The molecule has 0 spiro atoms. The molecule has 0 bridgehead atoms. The lowest BCUT2D eigenvalue weighted by Gasteiger charge is -2.38. The summed E-state index contributed by atoms with van der Waals surface area (Å²) in [7, 11) is 1.89. The molecule has 1 aromatic rings. The van der Waals surface area contributed by atoms with Crippen molar-refractivity contribution in [2.45, 2.75) is 44.6 Å². The third-order valence-electron chi connectivity index (χ3n) is 4.98. The average Bonchev–Trinajstić information content (AvgIpc) is 2.60. The molecule has 1 fully saturated rings. The summed E-state index contributed by atoms with van der Waals surface area (Å²) in [6.07, 6.45) is -2.78. The molecule has 1 saturated heterocycles. The Kier molecular flexibility index (Phi) is 6.83. The fraction of sp³-hybridized carbons (Fsp3) is 0.556. The number of nitrogens with two attached hydrogens (primary N) is 1. The first-order chi connectivity index (χ1) is 12.6. The van der Waals surface area contributed by atoms with Gasteiger partial charge in [-0.25, -0.2) is 4.79 Å². The van der Waals surface area contributed by atoms with Crippen LogP contribution in [0.5, 0.6) is 0 Å². The van der Waals surface area contributed by atoms with E-state index in [9.17, 15) is 22.8 Å². The molecule has 0 aromatic heterocycles. The van der Waals surface area contributed by atoms with Gasteiger partial charge in [0.1, 0.15) is 0 Å². The van der Waals surface area contributed by atoms with Crippen LogP contribution < -0.4 is 11.1 Å². The number of rotatable bonds is 5. The number of carbonyl (C=O) groups excluding carboxylic acids is 2. The summed E-state index contributed by atoms with van der Waals surface area (Å²) in [6, 6.07) is 4.24. The van der Waals surface area contributed by atoms with E-state index in [0.717, 1.165) is 18.9 Å². The molecule has 3 N–H and O–H groups in total. The minimum absolute atomic E-state index is 0.210. The van der Waals surface area contributed by atoms with Crippen molar-refractivity contribution in [3.05, 3.63) is 35.4 Å². The van der Waals surface area contributed by atoms with Crippen LogP contribution in [0.25, 0.3) is 0 Å². The van der Waals surface area contributed by atoms with E-state index in [1.165, 1.54) is 12.1 Å². The number of hydrogen-bond donors (Lipinski definition) is 2. The number of piperidine rings is 1. The molecule has 1 aromatic carbocycles. The van der Waals surface area contributed by atoms with Gasteiger partial charge in [-0.3, -0.25) is 19.9 Å². The predicted octanol–water partition coefficient (Wildman–Crippen LogP) is 2.19. The van der Waals surface area contributed by atoms with Gasteiger partial charge in [-0.2, -0.15) is 13.2 Å². The van der Waals surface area contributed by atoms with Crippen LogP contribution in [0.2, 0.25) is 0 Å². The Labute approximate surface area is 156 Å². The smallest absolute Gasteiger partial charge is 0.351 e. The molecular weight excluding hydrogens is 361 g/mol. The van der Waals surface area contributed by atoms with Crippen molar-refractivity contribution in [2.24, 2.45) is 5.73 Å². The van der Waals surface area contributed by atoms with Crippen LogP contribution in [0.1, 0.15) is 30.9 Å². The lowest BCUT2D eigenvalue weighted by Crippen LogP contribution is -2.52. The Morgan fingerprint density at radius 3 is 2.52 bits per heavy atom. The second kappa shape index (κ2) is 8.71. The summed E-state index contributed by atoms with van der Waals surface area (Å²) in [4.78, 5) is 26.7. The largest absolute Gasteiger partial charge is 0.416 e. The number of urea groups is 1. The van der Waals surface area contributed by atoms with Gasteiger partial charge >= 0.3 is 12.2 Å². The molecule has 0 saturated carbocycles. The molecule has 1 aliphatic rings. The Morgan fingerprint density at radius 1 is 1.33 bits per heavy atom. The lowest BCUT2D eigenvalue weighted by molar-refractivity contribution is -0.137. The van der Waals surface area contributed by atoms with E-state index < -0.39 is 29.7 Å². The van der Waals surface area contributed by atoms with Gasteiger partial charge in [0.05, 0.1) is 11.6 Å². The number of nitrogens with zero attached hydrogens (tertiary/aromatic N) is 2. The number of likely N-dealkylation sites (tertiary alicyclic amines) is 1. The summed E-state index contributed by atoms with van der Waals surface area (Å²) >= 11 is 0. The highest BCUT2D eigenvalue weighted by Crippen LogP contribution is 2.30. The van der Waals surface area contributed by atoms with Gasteiger partial charge in [0.25, 0.3) is 0 Å². The van der Waals surface area contributed by atoms with Crippen molar-refractivity contribution in [3.63, 3.8) is 0 Å². The summed E-state index contributed by atoms with van der Waals surface area (Å²) in [5, 5.41) is 2.08. The van der Waals surface area contributed by atoms with Gasteiger partial charge in [-0.15, -0.1) is 0 Å². The van der Waals surface area contributed by atoms with Gasteiger partial charge in [-0.05, 0) is 38.4 Å². The Balaban J connectivity index is 1.89. The third-order valence-corrected chi connectivity index (χ3v) is 4.98. The molecule has 0 aliphatic carbocycles. The van der Waals surface area contributed by atoms with E-state index in [0.29, 0.717) is 25.2 Å². The summed E-state index contributed by atoms with van der Waals surface area (Å²) in [5.74, 6) is -0.432. The number of benzene rings is 1. The minimum atomic E-state index is -4.35. The monoisotopic (exact) mass is 386 g/mol. The number of hydrogen-bond acceptors (Lipinski definition) is 4. The quantitative estimate of drug-likeness (QED) is 0.813. The molecule has 150 valence electrons. The molecule has 1 atom stereocenters. The molecule has 3 amide bonds. The number of imide groups is 1. The SMILES string of the molecule is CC(C(=O)NC(N)=O)N1CCC(N(C)Cc2cccc(C(F)(F)F)c2)CC1. The van der Waals surface area contributed by atoms with E-state index >= 15 is 0 Å². The van der Waals surface area contributed by atoms with Crippen LogP contribution >= 0.6 is 0 Å². The maximum atomic E-state index is 12.8. The summed E-state index contributed by atoms with van der Waals surface area (Å²) in [5.41, 5.74) is 4.94. The third kappa shape index (κ3) is 5.93. The molecule has 6 nitrogen and oxygen atoms in total. The van der Waals surface area contributed by atoms with Gasteiger partial charge < -0.3 is 5.73 Å². The Morgan fingerprint density at radius 2 is 1.96 bits per heavy atom. The highest BCUT2D eigenvalue weighted by Gasteiger charge is 2.31. The highest BCUT2D eigenvalue weighted by molar-refractivity contribution is 5.96. The molecule has 2 rings (SSSR count). The molecule has 1 aliphatic heterocycles. The maximum Gasteiger partial charge on any atom is 0.416 e. The van der Waals surface area contributed by atoms with Gasteiger partial charge in [0.15, 0.2) is 0 Å². The summed E-state index contributed by atoms with van der Waals surface area (Å²) < 4.78 is 38.5. The summed E-state index contributed by atoms with van der Waals surface area (Å²) in [6.45, 7) is 3.45. The zero-order valence-electron chi connectivity index (χ0n) is 15.4. The maximum absolute atomic E-state index is 12.8. The number of alkyl halides is 3. The standard InChI is InChI=1S/C18H25F3N4O2/c1-12(16(26)23-17(22)27)25-8-6-15(7-9-25)24(2)11-13-4-3-5-14(10-13)18(19,20)21/h3-5,10,12,15H,6-9,11H2,1-2H3,(H3,22,23,26,27). The molecule has 1 heterocycles. The van der Waals surface area contributed by atoms with E-state index in [1.807, 2.05) is 16.8 Å². The Hall–Kier alpha value is -2.13. The Bertz CT molecular complexity index is 673. The van der Waals surface area contributed by atoms with E-state index in [4.69, 9.17) is 5.73 Å².